The third-order valence-corrected chi connectivity index (χ3v) is 5.54. The molecule has 0 aliphatic heterocycles. The van der Waals surface area contributed by atoms with Gasteiger partial charge in [-0.25, -0.2) is 17.2 Å². The quantitative estimate of drug-likeness (QED) is 0.528. The first kappa shape index (κ1) is 22.0. The molecule has 0 atom stereocenters. The number of rotatable bonds is 7. The van der Waals surface area contributed by atoms with Crippen molar-refractivity contribution in [2.75, 3.05) is 17.1 Å². The van der Waals surface area contributed by atoms with Gasteiger partial charge < -0.3 is 10.1 Å². The zero-order valence-electron chi connectivity index (χ0n) is 16.3. The Labute approximate surface area is 178 Å². The van der Waals surface area contributed by atoms with Crippen LogP contribution in [0, 0.1) is 11.6 Å². The van der Waals surface area contributed by atoms with Crippen LogP contribution in [0.3, 0.4) is 0 Å². The fourth-order valence-electron chi connectivity index (χ4n) is 2.64. The van der Waals surface area contributed by atoms with Crippen molar-refractivity contribution >= 4 is 33.4 Å². The molecule has 0 fully saturated rings. The second kappa shape index (κ2) is 9.40. The molecule has 0 aromatic heterocycles. The molecule has 6 nitrogen and oxygen atoms in total. The second-order valence-corrected chi connectivity index (χ2v) is 8.00. The number of ether oxygens (including phenoxy) is 1. The number of amides is 1. The summed E-state index contributed by atoms with van der Waals surface area (Å²) in [6.07, 6.45) is 2.48. The van der Waals surface area contributed by atoms with E-state index in [1.54, 1.807) is 12.1 Å². The Morgan fingerprint density at radius 1 is 1.00 bits per heavy atom. The van der Waals surface area contributed by atoms with Gasteiger partial charge in [-0.2, -0.15) is 0 Å². The monoisotopic (exact) mass is 444 g/mol. The minimum absolute atomic E-state index is 0.0720. The fraction of sp³-hybridized carbons (Fsp3) is 0.0455. The van der Waals surface area contributed by atoms with E-state index in [9.17, 15) is 22.0 Å². The molecular formula is C22H18F2N2O4S. The van der Waals surface area contributed by atoms with Gasteiger partial charge in [-0.05, 0) is 54.6 Å². The van der Waals surface area contributed by atoms with Crippen molar-refractivity contribution in [3.63, 3.8) is 0 Å². The first-order chi connectivity index (χ1) is 14.8. The van der Waals surface area contributed by atoms with Gasteiger partial charge in [-0.1, -0.05) is 18.2 Å². The normalized spacial score (nSPS) is 11.3. The summed E-state index contributed by atoms with van der Waals surface area (Å²) < 4.78 is 59.4. The predicted molar refractivity (Wildman–Crippen MR) is 114 cm³/mol. The molecule has 31 heavy (non-hydrogen) atoms. The summed E-state index contributed by atoms with van der Waals surface area (Å²) in [6, 6.07) is 14.7. The third kappa shape index (κ3) is 5.67. The predicted octanol–water partition coefficient (Wildman–Crippen LogP) is 4.43. The van der Waals surface area contributed by atoms with E-state index in [0.717, 1.165) is 30.3 Å². The highest BCUT2D eigenvalue weighted by Crippen LogP contribution is 2.30. The van der Waals surface area contributed by atoms with Crippen molar-refractivity contribution < 1.29 is 26.7 Å². The molecule has 0 spiro atoms. The standard InChI is InChI=1S/C22H18F2N2O4S/c1-30-21-12-9-17(25-22(27)13-6-15-4-2-3-5-19(15)24)14-20(21)26-31(28,29)18-10-7-16(23)8-11-18/h2-14,26H,1H3,(H,25,27)/b13-6+. The van der Waals surface area contributed by atoms with Crippen molar-refractivity contribution in [1.82, 2.24) is 0 Å². The maximum absolute atomic E-state index is 13.6. The smallest absolute Gasteiger partial charge is 0.262 e. The molecule has 1 amide bonds. The van der Waals surface area contributed by atoms with Gasteiger partial charge in [-0.3, -0.25) is 9.52 Å². The number of hydrogen-bond donors (Lipinski definition) is 2. The van der Waals surface area contributed by atoms with Crippen LogP contribution >= 0.6 is 0 Å². The minimum Gasteiger partial charge on any atom is -0.495 e. The average Bonchev–Trinajstić information content (AvgIpc) is 2.73. The van der Waals surface area contributed by atoms with Crippen LogP contribution in [0.2, 0.25) is 0 Å². The summed E-state index contributed by atoms with van der Waals surface area (Å²) in [4.78, 5) is 12.0. The maximum atomic E-state index is 13.6. The SMILES string of the molecule is COc1ccc(NC(=O)/C=C/c2ccccc2F)cc1NS(=O)(=O)c1ccc(F)cc1. The average molecular weight is 444 g/mol. The Morgan fingerprint density at radius 3 is 2.39 bits per heavy atom. The summed E-state index contributed by atoms with van der Waals surface area (Å²) in [5.74, 6) is -1.36. The molecule has 0 heterocycles. The van der Waals surface area contributed by atoms with Crippen molar-refractivity contribution in [3.8, 4) is 5.75 Å². The van der Waals surface area contributed by atoms with Crippen LogP contribution in [0.15, 0.2) is 77.7 Å². The van der Waals surface area contributed by atoms with Crippen LogP contribution in [0.1, 0.15) is 5.56 Å². The van der Waals surface area contributed by atoms with Gasteiger partial charge in [0.15, 0.2) is 0 Å². The lowest BCUT2D eigenvalue weighted by molar-refractivity contribution is -0.111. The lowest BCUT2D eigenvalue weighted by Crippen LogP contribution is -2.14. The van der Waals surface area contributed by atoms with Gasteiger partial charge in [0.2, 0.25) is 5.91 Å². The lowest BCUT2D eigenvalue weighted by Gasteiger charge is -2.13. The highest BCUT2D eigenvalue weighted by molar-refractivity contribution is 7.92. The first-order valence-electron chi connectivity index (χ1n) is 8.98. The van der Waals surface area contributed by atoms with Crippen molar-refractivity contribution in [1.29, 1.82) is 0 Å². The molecule has 0 saturated carbocycles. The van der Waals surface area contributed by atoms with E-state index in [1.165, 1.54) is 43.5 Å². The van der Waals surface area contributed by atoms with Crippen LogP contribution in [0.25, 0.3) is 6.08 Å². The summed E-state index contributed by atoms with van der Waals surface area (Å²) in [7, 11) is -2.66. The molecular weight excluding hydrogens is 426 g/mol. The van der Waals surface area contributed by atoms with Crippen molar-refractivity contribution in [3.05, 3.63) is 90.0 Å². The molecule has 0 bridgehead atoms. The highest BCUT2D eigenvalue weighted by Gasteiger charge is 2.17. The lowest BCUT2D eigenvalue weighted by atomic mass is 10.2. The number of anilines is 2. The van der Waals surface area contributed by atoms with Gasteiger partial charge in [0.05, 0.1) is 17.7 Å². The van der Waals surface area contributed by atoms with E-state index in [-0.39, 0.29) is 27.6 Å². The van der Waals surface area contributed by atoms with Crippen LogP contribution in [0.5, 0.6) is 5.75 Å². The zero-order chi connectivity index (χ0) is 22.4. The third-order valence-electron chi connectivity index (χ3n) is 4.15. The molecule has 3 rings (SSSR count). The number of hydrogen-bond acceptors (Lipinski definition) is 4. The van der Waals surface area contributed by atoms with Gasteiger partial charge in [0, 0.05) is 17.3 Å². The molecule has 0 aliphatic carbocycles. The number of methoxy groups -OCH3 is 1. The van der Waals surface area contributed by atoms with Crippen molar-refractivity contribution in [2.45, 2.75) is 4.90 Å². The number of halogens is 2. The molecule has 3 aromatic carbocycles. The van der Waals surface area contributed by atoms with E-state index in [2.05, 4.69) is 10.0 Å². The van der Waals surface area contributed by atoms with E-state index in [4.69, 9.17) is 4.74 Å². The Balaban J connectivity index is 1.79. The number of carbonyl (C=O) groups excluding carboxylic acids is 1. The van der Waals surface area contributed by atoms with Crippen LogP contribution in [-0.2, 0) is 14.8 Å². The summed E-state index contributed by atoms with van der Waals surface area (Å²) in [6.45, 7) is 0. The molecule has 9 heteroatoms. The number of nitrogens with one attached hydrogen (secondary N) is 2. The molecule has 160 valence electrons. The van der Waals surface area contributed by atoms with Crippen molar-refractivity contribution in [2.24, 2.45) is 0 Å². The summed E-state index contributed by atoms with van der Waals surface area (Å²) in [5.41, 5.74) is 0.601. The van der Waals surface area contributed by atoms with Gasteiger partial charge in [-0.15, -0.1) is 0 Å². The highest BCUT2D eigenvalue weighted by atomic mass is 32.2. The van der Waals surface area contributed by atoms with Gasteiger partial charge in [0.25, 0.3) is 10.0 Å². The van der Waals surface area contributed by atoms with E-state index in [1.807, 2.05) is 0 Å². The van der Waals surface area contributed by atoms with E-state index < -0.39 is 27.6 Å². The number of sulfonamides is 1. The van der Waals surface area contributed by atoms with Gasteiger partial charge >= 0.3 is 0 Å². The Kier molecular flexibility index (Phi) is 6.66. The van der Waals surface area contributed by atoms with Crippen LogP contribution < -0.4 is 14.8 Å². The molecule has 0 saturated heterocycles. The Bertz CT molecular complexity index is 1230. The van der Waals surface area contributed by atoms with E-state index in [0.29, 0.717) is 0 Å². The van der Waals surface area contributed by atoms with Crippen LogP contribution in [0.4, 0.5) is 20.2 Å². The maximum Gasteiger partial charge on any atom is 0.262 e. The van der Waals surface area contributed by atoms with Crippen LogP contribution in [-0.4, -0.2) is 21.4 Å². The largest absolute Gasteiger partial charge is 0.495 e. The Hall–Kier alpha value is -3.72. The molecule has 0 unspecified atom stereocenters. The first-order valence-corrected chi connectivity index (χ1v) is 10.5. The Morgan fingerprint density at radius 2 is 1.71 bits per heavy atom. The van der Waals surface area contributed by atoms with Gasteiger partial charge in [0.1, 0.15) is 17.4 Å². The molecule has 3 aromatic rings. The fourth-order valence-corrected chi connectivity index (χ4v) is 3.70. The molecule has 2 N–H and O–H groups in total. The zero-order valence-corrected chi connectivity index (χ0v) is 17.1. The summed E-state index contributed by atoms with van der Waals surface area (Å²) >= 11 is 0. The molecule has 0 aliphatic rings. The molecule has 0 radical (unpaired) electrons. The van der Waals surface area contributed by atoms with E-state index >= 15 is 0 Å². The summed E-state index contributed by atoms with van der Waals surface area (Å²) in [5, 5.41) is 2.57. The topological polar surface area (TPSA) is 84.5 Å². The second-order valence-electron chi connectivity index (χ2n) is 6.32. The number of benzene rings is 3. The minimum atomic E-state index is -4.02. The number of carbonyl (C=O) groups is 1.